The summed E-state index contributed by atoms with van der Waals surface area (Å²) in [6, 6.07) is 5.86. The van der Waals surface area contributed by atoms with Crippen molar-refractivity contribution >= 4 is 33.3 Å². The van der Waals surface area contributed by atoms with Crippen molar-refractivity contribution in [1.82, 2.24) is 4.98 Å². The van der Waals surface area contributed by atoms with Crippen LogP contribution in [0.3, 0.4) is 0 Å². The van der Waals surface area contributed by atoms with Crippen molar-refractivity contribution in [2.45, 2.75) is 24.3 Å². The lowest BCUT2D eigenvalue weighted by molar-refractivity contribution is 0.281. The van der Waals surface area contributed by atoms with Gasteiger partial charge in [0.1, 0.15) is 11.6 Å². The number of hydrogen-bond acceptors (Lipinski definition) is 5. The molecule has 0 radical (unpaired) electrons. The van der Waals surface area contributed by atoms with E-state index in [9.17, 15) is 5.11 Å². The number of fused-ring (bicyclic) bond motifs is 1. The molecule has 1 aromatic carbocycles. The predicted octanol–water partition coefficient (Wildman–Crippen LogP) is 3.16. The predicted molar refractivity (Wildman–Crippen MR) is 71.3 cm³/mol. The summed E-state index contributed by atoms with van der Waals surface area (Å²) in [5, 5.41) is 18.3. The molecule has 1 aromatic heterocycles. The molecule has 5 heteroatoms. The lowest BCUT2D eigenvalue weighted by atomic mass is 10.1. The van der Waals surface area contributed by atoms with Crippen molar-refractivity contribution in [2.75, 3.05) is 5.75 Å². The van der Waals surface area contributed by atoms with Gasteiger partial charge in [-0.25, -0.2) is 4.98 Å². The van der Waals surface area contributed by atoms with Crippen molar-refractivity contribution in [1.29, 1.82) is 5.26 Å². The minimum absolute atomic E-state index is 0.117. The van der Waals surface area contributed by atoms with E-state index in [4.69, 9.17) is 5.26 Å². The maximum atomic E-state index is 9.18. The Kier molecular flexibility index (Phi) is 4.00. The molecule has 0 aliphatic rings. The zero-order chi connectivity index (χ0) is 12.3. The summed E-state index contributed by atoms with van der Waals surface area (Å²) in [4.78, 5) is 4.48. The van der Waals surface area contributed by atoms with Crippen LogP contribution in [-0.2, 0) is 6.61 Å². The van der Waals surface area contributed by atoms with E-state index in [0.717, 1.165) is 26.7 Å². The van der Waals surface area contributed by atoms with Gasteiger partial charge < -0.3 is 5.11 Å². The fourth-order valence-electron chi connectivity index (χ4n) is 1.52. The summed E-state index contributed by atoms with van der Waals surface area (Å²) in [6.07, 6.45) is 1.10. The first-order valence-corrected chi connectivity index (χ1v) is 7.16. The lowest BCUT2D eigenvalue weighted by Crippen LogP contribution is -1.90. The van der Waals surface area contributed by atoms with Gasteiger partial charge >= 0.3 is 0 Å². The maximum Gasteiger partial charge on any atom is 0.151 e. The van der Waals surface area contributed by atoms with Crippen molar-refractivity contribution < 1.29 is 5.11 Å². The van der Waals surface area contributed by atoms with Gasteiger partial charge in [0.2, 0.25) is 0 Å². The second-order valence-corrected chi connectivity index (χ2v) is 5.92. The molecule has 0 atom stereocenters. The molecule has 0 saturated carbocycles. The molecule has 3 nitrogen and oxygen atoms in total. The zero-order valence-corrected chi connectivity index (χ0v) is 11.1. The number of benzene rings is 1. The van der Waals surface area contributed by atoms with Gasteiger partial charge in [-0.3, -0.25) is 0 Å². The van der Waals surface area contributed by atoms with Gasteiger partial charge in [-0.2, -0.15) is 5.26 Å². The normalized spacial score (nSPS) is 10.6. The van der Waals surface area contributed by atoms with Crippen LogP contribution in [0.15, 0.2) is 16.5 Å². The third-order valence-corrected chi connectivity index (χ3v) is 4.71. The molecular formula is C12H12N2OS2. The van der Waals surface area contributed by atoms with Crippen molar-refractivity contribution in [3.63, 3.8) is 0 Å². The van der Waals surface area contributed by atoms with Crippen LogP contribution in [0.5, 0.6) is 0 Å². The number of rotatable bonds is 4. The first-order chi connectivity index (χ1) is 8.30. The molecule has 0 fully saturated rings. The van der Waals surface area contributed by atoms with E-state index < -0.39 is 0 Å². The van der Waals surface area contributed by atoms with E-state index in [2.05, 4.69) is 18.0 Å². The quantitative estimate of drug-likeness (QED) is 0.862. The number of hydrogen-bond donors (Lipinski definition) is 1. The topological polar surface area (TPSA) is 56.9 Å². The third-order valence-electron chi connectivity index (χ3n) is 2.34. The highest BCUT2D eigenvalue weighted by molar-refractivity contribution is 8.01. The van der Waals surface area contributed by atoms with E-state index in [-0.39, 0.29) is 6.61 Å². The molecule has 1 heterocycles. The fourth-order valence-corrected chi connectivity index (χ4v) is 3.52. The van der Waals surface area contributed by atoms with E-state index >= 15 is 0 Å². The molecular weight excluding hydrogens is 252 g/mol. The molecule has 2 rings (SSSR count). The standard InChI is InChI=1S/C12H12N2OS2/c1-2-5-16-12-14-11-9(6-13)8(7-15)3-4-10(11)17-12/h3-4,15H,2,5,7H2,1H3. The molecule has 0 aliphatic heterocycles. The van der Waals surface area contributed by atoms with Crippen LogP contribution in [-0.4, -0.2) is 15.8 Å². The van der Waals surface area contributed by atoms with E-state index in [0.29, 0.717) is 11.1 Å². The third kappa shape index (κ3) is 2.44. The van der Waals surface area contributed by atoms with Gasteiger partial charge in [-0.05, 0) is 18.1 Å². The molecule has 0 unspecified atom stereocenters. The number of aliphatic hydroxyl groups is 1. The molecule has 0 amide bonds. The molecule has 0 aliphatic carbocycles. The lowest BCUT2D eigenvalue weighted by Gasteiger charge is -1.98. The van der Waals surface area contributed by atoms with Gasteiger partial charge in [0.25, 0.3) is 0 Å². The second kappa shape index (κ2) is 5.50. The van der Waals surface area contributed by atoms with E-state index in [1.807, 2.05) is 6.07 Å². The number of thiazole rings is 1. The minimum Gasteiger partial charge on any atom is -0.392 e. The Hall–Kier alpha value is -1.09. The van der Waals surface area contributed by atoms with Crippen molar-refractivity contribution in [3.8, 4) is 6.07 Å². The SMILES string of the molecule is CCCSc1nc2c(C#N)c(CO)ccc2s1. The Morgan fingerprint density at radius 3 is 3.00 bits per heavy atom. The number of aliphatic hydroxyl groups excluding tert-OH is 1. The Morgan fingerprint density at radius 1 is 1.53 bits per heavy atom. The van der Waals surface area contributed by atoms with Crippen LogP contribution >= 0.6 is 23.1 Å². The number of nitrogens with zero attached hydrogens (tertiary/aromatic N) is 2. The molecule has 88 valence electrons. The van der Waals surface area contributed by atoms with Gasteiger partial charge in [0, 0.05) is 5.75 Å². The highest BCUT2D eigenvalue weighted by Crippen LogP contribution is 2.32. The van der Waals surface area contributed by atoms with Crippen LogP contribution in [0, 0.1) is 11.3 Å². The van der Waals surface area contributed by atoms with Crippen LogP contribution in [0.4, 0.5) is 0 Å². The highest BCUT2D eigenvalue weighted by Gasteiger charge is 2.11. The van der Waals surface area contributed by atoms with Gasteiger partial charge in [-0.1, -0.05) is 24.8 Å². The average molecular weight is 264 g/mol. The summed E-state index contributed by atoms with van der Waals surface area (Å²) in [5.74, 6) is 1.04. The summed E-state index contributed by atoms with van der Waals surface area (Å²) in [5.41, 5.74) is 1.88. The summed E-state index contributed by atoms with van der Waals surface area (Å²) < 4.78 is 2.01. The molecule has 0 spiro atoms. The zero-order valence-electron chi connectivity index (χ0n) is 9.43. The molecule has 0 bridgehead atoms. The van der Waals surface area contributed by atoms with Crippen molar-refractivity contribution in [3.05, 3.63) is 23.3 Å². The van der Waals surface area contributed by atoms with E-state index in [1.54, 1.807) is 29.2 Å². The Labute approximate surface area is 108 Å². The second-order valence-electron chi connectivity index (χ2n) is 3.54. The first-order valence-electron chi connectivity index (χ1n) is 5.36. The molecule has 0 saturated heterocycles. The van der Waals surface area contributed by atoms with Crippen LogP contribution < -0.4 is 0 Å². The average Bonchev–Trinajstić information content (AvgIpc) is 2.77. The van der Waals surface area contributed by atoms with Gasteiger partial charge in [-0.15, -0.1) is 11.3 Å². The smallest absolute Gasteiger partial charge is 0.151 e. The van der Waals surface area contributed by atoms with Crippen LogP contribution in [0.1, 0.15) is 24.5 Å². The highest BCUT2D eigenvalue weighted by atomic mass is 32.2. The van der Waals surface area contributed by atoms with Gasteiger partial charge in [0.15, 0.2) is 4.34 Å². The largest absolute Gasteiger partial charge is 0.392 e. The Morgan fingerprint density at radius 2 is 2.35 bits per heavy atom. The minimum atomic E-state index is -0.117. The maximum absolute atomic E-state index is 9.18. The van der Waals surface area contributed by atoms with Crippen LogP contribution in [0.2, 0.25) is 0 Å². The molecule has 1 N–H and O–H groups in total. The monoisotopic (exact) mass is 264 g/mol. The summed E-state index contributed by atoms with van der Waals surface area (Å²) in [7, 11) is 0. The Balaban J connectivity index is 2.49. The summed E-state index contributed by atoms with van der Waals surface area (Å²) >= 11 is 3.32. The number of thioether (sulfide) groups is 1. The fraction of sp³-hybridized carbons (Fsp3) is 0.333. The summed E-state index contributed by atoms with van der Waals surface area (Å²) in [6.45, 7) is 2.01. The van der Waals surface area contributed by atoms with Crippen molar-refractivity contribution in [2.24, 2.45) is 0 Å². The van der Waals surface area contributed by atoms with E-state index in [1.165, 1.54) is 0 Å². The Bertz CT molecular complexity index is 572. The molecule has 2 aromatic rings. The first kappa shape index (κ1) is 12.4. The van der Waals surface area contributed by atoms with Gasteiger partial charge in [0.05, 0.1) is 16.9 Å². The number of aromatic nitrogens is 1. The van der Waals surface area contributed by atoms with Crippen LogP contribution in [0.25, 0.3) is 10.2 Å². The number of nitriles is 1. The molecule has 17 heavy (non-hydrogen) atoms.